The number of para-hydroxylation sites is 1. The number of carboxylic acid groups (broad SMARTS) is 1. The second kappa shape index (κ2) is 14.4. The van der Waals surface area contributed by atoms with Crippen LogP contribution in [0.15, 0.2) is 103 Å². The van der Waals surface area contributed by atoms with E-state index in [-0.39, 0.29) is 11.6 Å². The van der Waals surface area contributed by atoms with Crippen molar-refractivity contribution in [3.05, 3.63) is 114 Å². The molecule has 0 aliphatic rings. The molecule has 0 fully saturated rings. The summed E-state index contributed by atoms with van der Waals surface area (Å²) in [6, 6.07) is 25.0. The monoisotopic (exact) mass is 499 g/mol. The average molecular weight is 500 g/mol. The zero-order chi connectivity index (χ0) is 26.5. The lowest BCUT2D eigenvalue weighted by Crippen LogP contribution is -2.31. The van der Waals surface area contributed by atoms with Crippen molar-refractivity contribution in [2.45, 2.75) is 45.6 Å². The number of ether oxygens (including phenoxy) is 1. The van der Waals surface area contributed by atoms with Crippen molar-refractivity contribution in [3.8, 4) is 5.75 Å². The molecule has 0 radical (unpaired) electrons. The fourth-order valence-electron chi connectivity index (χ4n) is 3.72. The molecule has 194 valence electrons. The number of carbonyl (C=O) groups is 1. The highest BCUT2D eigenvalue weighted by Gasteiger charge is 2.07. The smallest absolute Gasteiger partial charge is 0.335 e. The Morgan fingerprint density at radius 1 is 0.973 bits per heavy atom. The van der Waals surface area contributed by atoms with Gasteiger partial charge < -0.3 is 25.8 Å². The van der Waals surface area contributed by atoms with Crippen molar-refractivity contribution in [1.82, 2.24) is 5.32 Å². The molecule has 4 N–H and O–H groups in total. The molecule has 6 nitrogen and oxygen atoms in total. The van der Waals surface area contributed by atoms with Gasteiger partial charge in [0.2, 0.25) is 0 Å². The standard InChI is InChI=1S/C31H37N3O3/c1-4-5-7-12-30(33-27-10-8-6-9-11-27)34-28-17-13-25(14-18-28)21-23(2)32-24(3)22-37-29-19-15-26(16-20-29)31(35)36/h6,8-20,24,32-34H,2,4-5,7,21-22H2,1,3H3,(H,35,36)/b30-12+/t24-/m0/s1. The summed E-state index contributed by atoms with van der Waals surface area (Å²) in [6.07, 6.45) is 6.24. The van der Waals surface area contributed by atoms with Crippen LogP contribution in [0.1, 0.15) is 49.0 Å². The fourth-order valence-corrected chi connectivity index (χ4v) is 3.72. The summed E-state index contributed by atoms with van der Waals surface area (Å²) in [5.41, 5.74) is 4.37. The van der Waals surface area contributed by atoms with Crippen LogP contribution in [-0.2, 0) is 6.42 Å². The van der Waals surface area contributed by atoms with Gasteiger partial charge in [-0.15, -0.1) is 0 Å². The molecule has 0 bridgehead atoms. The summed E-state index contributed by atoms with van der Waals surface area (Å²) >= 11 is 0. The summed E-state index contributed by atoms with van der Waals surface area (Å²) in [7, 11) is 0. The zero-order valence-corrected chi connectivity index (χ0v) is 21.7. The summed E-state index contributed by atoms with van der Waals surface area (Å²) in [5, 5.41) is 19.4. The molecule has 6 heteroatoms. The average Bonchev–Trinajstić information content (AvgIpc) is 2.89. The zero-order valence-electron chi connectivity index (χ0n) is 21.7. The van der Waals surface area contributed by atoms with E-state index in [0.29, 0.717) is 18.8 Å². The van der Waals surface area contributed by atoms with Crippen LogP contribution in [0, 0.1) is 0 Å². The number of rotatable bonds is 15. The molecule has 0 heterocycles. The Morgan fingerprint density at radius 2 is 1.62 bits per heavy atom. The van der Waals surface area contributed by atoms with E-state index in [1.807, 2.05) is 25.1 Å². The number of anilines is 2. The Labute approximate surface area is 220 Å². The van der Waals surface area contributed by atoms with Gasteiger partial charge in [0.05, 0.1) is 11.6 Å². The minimum atomic E-state index is -0.950. The highest BCUT2D eigenvalue weighted by molar-refractivity contribution is 5.87. The lowest BCUT2D eigenvalue weighted by atomic mass is 10.1. The molecule has 0 aliphatic carbocycles. The quantitative estimate of drug-likeness (QED) is 0.168. The SMILES string of the molecule is C=C(Cc1ccc(N/C(=C/CCCC)Nc2ccccc2)cc1)N[C@@H](C)COc1ccc(C(=O)O)cc1. The van der Waals surface area contributed by atoms with Crippen molar-refractivity contribution in [2.24, 2.45) is 0 Å². The molecule has 3 aromatic rings. The van der Waals surface area contributed by atoms with Gasteiger partial charge in [0.15, 0.2) is 0 Å². The number of nitrogens with one attached hydrogen (secondary N) is 3. The Balaban J connectivity index is 1.48. The second-order valence-corrected chi connectivity index (χ2v) is 9.04. The van der Waals surface area contributed by atoms with Gasteiger partial charge in [-0.05, 0) is 79.9 Å². The third-order valence-electron chi connectivity index (χ3n) is 5.66. The van der Waals surface area contributed by atoms with Crippen molar-refractivity contribution >= 4 is 17.3 Å². The third kappa shape index (κ3) is 9.76. The summed E-state index contributed by atoms with van der Waals surface area (Å²) < 4.78 is 5.77. The first-order chi connectivity index (χ1) is 17.9. The highest BCUT2D eigenvalue weighted by Crippen LogP contribution is 2.17. The Kier molecular flexibility index (Phi) is 10.7. The molecule has 0 spiro atoms. The number of allylic oxidation sites excluding steroid dienone is 2. The number of unbranched alkanes of at least 4 members (excludes halogenated alkanes) is 2. The minimum Gasteiger partial charge on any atom is -0.491 e. The van der Waals surface area contributed by atoms with Crippen LogP contribution in [0.25, 0.3) is 0 Å². The highest BCUT2D eigenvalue weighted by atomic mass is 16.5. The lowest BCUT2D eigenvalue weighted by molar-refractivity contribution is 0.0697. The van der Waals surface area contributed by atoms with Crippen molar-refractivity contribution < 1.29 is 14.6 Å². The summed E-state index contributed by atoms with van der Waals surface area (Å²) in [6.45, 7) is 8.83. The minimum absolute atomic E-state index is 0.0486. The van der Waals surface area contributed by atoms with E-state index < -0.39 is 5.97 Å². The fraction of sp³-hybridized carbons (Fsp3) is 0.258. The van der Waals surface area contributed by atoms with Gasteiger partial charge >= 0.3 is 5.97 Å². The van der Waals surface area contributed by atoms with Crippen LogP contribution in [0.3, 0.4) is 0 Å². The number of hydrogen-bond acceptors (Lipinski definition) is 5. The maximum Gasteiger partial charge on any atom is 0.335 e. The topological polar surface area (TPSA) is 82.6 Å². The molecular formula is C31H37N3O3. The molecule has 0 saturated heterocycles. The van der Waals surface area contributed by atoms with Crippen LogP contribution >= 0.6 is 0 Å². The van der Waals surface area contributed by atoms with E-state index in [0.717, 1.165) is 47.7 Å². The van der Waals surface area contributed by atoms with Crippen molar-refractivity contribution in [3.63, 3.8) is 0 Å². The second-order valence-electron chi connectivity index (χ2n) is 9.04. The van der Waals surface area contributed by atoms with E-state index in [2.05, 4.69) is 71.9 Å². The van der Waals surface area contributed by atoms with E-state index in [1.165, 1.54) is 12.1 Å². The molecule has 3 aromatic carbocycles. The van der Waals surface area contributed by atoms with Gasteiger partial charge in [0.1, 0.15) is 18.2 Å². The lowest BCUT2D eigenvalue weighted by Gasteiger charge is -2.18. The predicted molar refractivity (Wildman–Crippen MR) is 152 cm³/mol. The van der Waals surface area contributed by atoms with Gasteiger partial charge in [0, 0.05) is 23.5 Å². The normalized spacial score (nSPS) is 11.9. The molecule has 0 saturated carbocycles. The molecule has 0 aromatic heterocycles. The van der Waals surface area contributed by atoms with Gasteiger partial charge in [-0.1, -0.05) is 50.3 Å². The van der Waals surface area contributed by atoms with Gasteiger partial charge in [-0.3, -0.25) is 0 Å². The number of carboxylic acids is 1. The first kappa shape index (κ1) is 27.4. The van der Waals surface area contributed by atoms with Gasteiger partial charge in [0.25, 0.3) is 0 Å². The summed E-state index contributed by atoms with van der Waals surface area (Å²) in [5.74, 6) is 0.663. The van der Waals surface area contributed by atoms with Crippen LogP contribution in [-0.4, -0.2) is 23.7 Å². The molecule has 0 amide bonds. The van der Waals surface area contributed by atoms with Crippen LogP contribution in [0.2, 0.25) is 0 Å². The first-order valence-corrected chi connectivity index (χ1v) is 12.7. The van der Waals surface area contributed by atoms with E-state index >= 15 is 0 Å². The maximum absolute atomic E-state index is 11.0. The molecule has 0 unspecified atom stereocenters. The van der Waals surface area contributed by atoms with E-state index in [9.17, 15) is 4.79 Å². The van der Waals surface area contributed by atoms with E-state index in [4.69, 9.17) is 9.84 Å². The Bertz CT molecular complexity index is 1160. The molecular weight excluding hydrogens is 462 g/mol. The number of hydrogen-bond donors (Lipinski definition) is 4. The van der Waals surface area contributed by atoms with E-state index in [1.54, 1.807) is 12.1 Å². The van der Waals surface area contributed by atoms with Crippen LogP contribution < -0.4 is 20.7 Å². The number of benzene rings is 3. The molecule has 37 heavy (non-hydrogen) atoms. The molecule has 3 rings (SSSR count). The van der Waals surface area contributed by atoms with Crippen molar-refractivity contribution in [2.75, 3.05) is 17.2 Å². The maximum atomic E-state index is 11.0. The molecule has 0 aliphatic heterocycles. The van der Waals surface area contributed by atoms with Crippen LogP contribution in [0.5, 0.6) is 5.75 Å². The largest absolute Gasteiger partial charge is 0.491 e. The Hall–Kier alpha value is -4.19. The van der Waals surface area contributed by atoms with Gasteiger partial charge in [-0.2, -0.15) is 0 Å². The molecule has 1 atom stereocenters. The van der Waals surface area contributed by atoms with Gasteiger partial charge in [-0.25, -0.2) is 4.79 Å². The van der Waals surface area contributed by atoms with Crippen LogP contribution in [0.4, 0.5) is 11.4 Å². The Morgan fingerprint density at radius 3 is 2.24 bits per heavy atom. The third-order valence-corrected chi connectivity index (χ3v) is 5.66. The predicted octanol–water partition coefficient (Wildman–Crippen LogP) is 7.05. The number of aromatic carboxylic acids is 1. The van der Waals surface area contributed by atoms with Crippen molar-refractivity contribution in [1.29, 1.82) is 0 Å². The summed E-state index contributed by atoms with van der Waals surface area (Å²) in [4.78, 5) is 11.0. The first-order valence-electron chi connectivity index (χ1n) is 12.7.